The summed E-state index contributed by atoms with van der Waals surface area (Å²) in [5.74, 6) is -0.0118. The van der Waals surface area contributed by atoms with Gasteiger partial charge in [-0.25, -0.2) is 9.97 Å². The third-order valence-corrected chi connectivity index (χ3v) is 6.78. The number of carbonyl (C=O) groups is 2. The maximum absolute atomic E-state index is 12.6. The zero-order valence-electron chi connectivity index (χ0n) is 18.4. The summed E-state index contributed by atoms with van der Waals surface area (Å²) >= 11 is 1.58. The van der Waals surface area contributed by atoms with Gasteiger partial charge in [-0.05, 0) is 37.5 Å². The first kappa shape index (κ1) is 22.2. The van der Waals surface area contributed by atoms with Crippen LogP contribution in [0.2, 0.25) is 0 Å². The monoisotopic (exact) mass is 451 g/mol. The molecule has 1 aliphatic heterocycles. The molecule has 0 saturated carbocycles. The summed E-state index contributed by atoms with van der Waals surface area (Å²) in [6.07, 6.45) is 4.07. The molecule has 3 heterocycles. The number of amides is 2. The van der Waals surface area contributed by atoms with Gasteiger partial charge in [0, 0.05) is 51.3 Å². The molecule has 4 rings (SSSR count). The molecule has 0 spiro atoms. The standard InChI is InChI=1S/C24H29N5O2S/c1-18(9-10-19-6-3-2-4-7-19)26-21(30)11-12-22(31)28-14-16-29(17-15-28)24-27-20-8-5-13-25-23(20)32-24/h2-8,13,18H,9-12,14-17H2,1H3,(H,26,30). The van der Waals surface area contributed by atoms with Crippen LogP contribution in [0.5, 0.6) is 0 Å². The maximum Gasteiger partial charge on any atom is 0.223 e. The first-order chi connectivity index (χ1) is 15.6. The van der Waals surface area contributed by atoms with Crippen molar-refractivity contribution in [1.82, 2.24) is 20.2 Å². The molecule has 1 fully saturated rings. The van der Waals surface area contributed by atoms with Crippen LogP contribution in [0, 0.1) is 0 Å². The molecule has 0 aliphatic carbocycles. The number of carbonyl (C=O) groups excluding carboxylic acids is 2. The molecular weight excluding hydrogens is 422 g/mol. The van der Waals surface area contributed by atoms with E-state index >= 15 is 0 Å². The Morgan fingerprint density at radius 1 is 1.06 bits per heavy atom. The van der Waals surface area contributed by atoms with Crippen molar-refractivity contribution in [2.75, 3.05) is 31.1 Å². The molecule has 0 radical (unpaired) electrons. The van der Waals surface area contributed by atoms with Crippen LogP contribution >= 0.6 is 11.3 Å². The Labute approximate surface area is 192 Å². The smallest absolute Gasteiger partial charge is 0.223 e. The van der Waals surface area contributed by atoms with Gasteiger partial charge in [0.05, 0.1) is 0 Å². The van der Waals surface area contributed by atoms with Gasteiger partial charge in [0.25, 0.3) is 0 Å². The highest BCUT2D eigenvalue weighted by molar-refractivity contribution is 7.21. The predicted molar refractivity (Wildman–Crippen MR) is 128 cm³/mol. The van der Waals surface area contributed by atoms with Crippen LogP contribution in [0.3, 0.4) is 0 Å². The summed E-state index contributed by atoms with van der Waals surface area (Å²) in [4.78, 5) is 38.9. The van der Waals surface area contributed by atoms with Gasteiger partial charge in [0.2, 0.25) is 11.8 Å². The second-order valence-corrected chi connectivity index (χ2v) is 9.14. The van der Waals surface area contributed by atoms with E-state index in [9.17, 15) is 9.59 Å². The van der Waals surface area contributed by atoms with E-state index in [4.69, 9.17) is 0 Å². The van der Waals surface area contributed by atoms with Crippen LogP contribution in [-0.2, 0) is 16.0 Å². The number of aryl methyl sites for hydroxylation is 1. The number of nitrogens with zero attached hydrogens (tertiary/aromatic N) is 4. The van der Waals surface area contributed by atoms with E-state index in [0.29, 0.717) is 13.1 Å². The molecule has 8 heteroatoms. The fourth-order valence-corrected chi connectivity index (χ4v) is 4.83. The topological polar surface area (TPSA) is 78.4 Å². The average molecular weight is 452 g/mol. The second kappa shape index (κ2) is 10.5. The summed E-state index contributed by atoms with van der Waals surface area (Å²) in [5, 5.41) is 3.97. The van der Waals surface area contributed by atoms with Gasteiger partial charge in [-0.1, -0.05) is 41.7 Å². The Hall–Kier alpha value is -3.00. The number of anilines is 1. The Kier molecular flexibility index (Phi) is 7.32. The van der Waals surface area contributed by atoms with E-state index in [1.165, 1.54) is 5.56 Å². The zero-order chi connectivity index (χ0) is 22.3. The lowest BCUT2D eigenvalue weighted by atomic mass is 10.1. The van der Waals surface area contributed by atoms with Gasteiger partial charge >= 0.3 is 0 Å². The van der Waals surface area contributed by atoms with Gasteiger partial charge in [-0.3, -0.25) is 9.59 Å². The minimum Gasteiger partial charge on any atom is -0.354 e. The molecule has 0 bridgehead atoms. The fraction of sp³-hybridized carbons (Fsp3) is 0.417. The van der Waals surface area contributed by atoms with Gasteiger partial charge in [0.15, 0.2) is 5.13 Å². The molecule has 1 atom stereocenters. The molecule has 2 amide bonds. The summed E-state index contributed by atoms with van der Waals surface area (Å²) in [7, 11) is 0. The van der Waals surface area contributed by atoms with Crippen molar-refractivity contribution < 1.29 is 9.59 Å². The van der Waals surface area contributed by atoms with Crippen LogP contribution < -0.4 is 10.2 Å². The molecule has 1 aromatic carbocycles. The normalized spacial score (nSPS) is 15.0. The highest BCUT2D eigenvalue weighted by atomic mass is 32.1. The van der Waals surface area contributed by atoms with E-state index in [2.05, 4.69) is 32.3 Å². The van der Waals surface area contributed by atoms with E-state index in [-0.39, 0.29) is 30.7 Å². The number of hydrogen-bond donors (Lipinski definition) is 1. The molecule has 2 aromatic heterocycles. The SMILES string of the molecule is CC(CCc1ccccc1)NC(=O)CCC(=O)N1CCN(c2nc3cccnc3s2)CC1. The fourth-order valence-electron chi connectivity index (χ4n) is 3.87. The van der Waals surface area contributed by atoms with Crippen LogP contribution in [-0.4, -0.2) is 58.9 Å². The first-order valence-electron chi connectivity index (χ1n) is 11.2. The predicted octanol–water partition coefficient (Wildman–Crippen LogP) is 3.26. The highest BCUT2D eigenvalue weighted by Crippen LogP contribution is 2.27. The lowest BCUT2D eigenvalue weighted by molar-refractivity contribution is -0.134. The Bertz CT molecular complexity index is 1010. The third kappa shape index (κ3) is 5.82. The van der Waals surface area contributed by atoms with Gasteiger partial charge in [-0.15, -0.1) is 0 Å². The molecule has 168 valence electrons. The zero-order valence-corrected chi connectivity index (χ0v) is 19.2. The number of rotatable bonds is 8. The van der Waals surface area contributed by atoms with Crippen LogP contribution in [0.25, 0.3) is 10.3 Å². The molecule has 7 nitrogen and oxygen atoms in total. The van der Waals surface area contributed by atoms with Crippen molar-refractivity contribution in [3.05, 3.63) is 54.2 Å². The van der Waals surface area contributed by atoms with E-state index in [0.717, 1.165) is 41.4 Å². The van der Waals surface area contributed by atoms with Crippen LogP contribution in [0.1, 0.15) is 31.7 Å². The van der Waals surface area contributed by atoms with Crippen LogP contribution in [0.15, 0.2) is 48.7 Å². The summed E-state index contributed by atoms with van der Waals surface area (Å²) < 4.78 is 0. The third-order valence-electron chi connectivity index (χ3n) is 5.74. The lowest BCUT2D eigenvalue weighted by Crippen LogP contribution is -2.49. The average Bonchev–Trinajstić information content (AvgIpc) is 3.26. The molecular formula is C24H29N5O2S. The van der Waals surface area contributed by atoms with E-state index in [1.807, 2.05) is 42.2 Å². The van der Waals surface area contributed by atoms with Crippen molar-refractivity contribution in [3.8, 4) is 0 Å². The minimum atomic E-state index is -0.0560. The number of benzene rings is 1. The number of aromatic nitrogens is 2. The number of nitrogens with one attached hydrogen (secondary N) is 1. The summed E-state index contributed by atoms with van der Waals surface area (Å²) in [6, 6.07) is 14.2. The van der Waals surface area contributed by atoms with Crippen molar-refractivity contribution >= 4 is 38.6 Å². The van der Waals surface area contributed by atoms with Crippen molar-refractivity contribution in [3.63, 3.8) is 0 Å². The number of fused-ring (bicyclic) bond motifs is 1. The van der Waals surface area contributed by atoms with Crippen molar-refractivity contribution in [2.24, 2.45) is 0 Å². The Morgan fingerprint density at radius 2 is 1.84 bits per heavy atom. The number of hydrogen-bond acceptors (Lipinski definition) is 6. The first-order valence-corrected chi connectivity index (χ1v) is 12.0. The van der Waals surface area contributed by atoms with Gasteiger partial charge in [0.1, 0.15) is 10.3 Å². The molecule has 1 unspecified atom stereocenters. The van der Waals surface area contributed by atoms with Crippen molar-refractivity contribution in [1.29, 1.82) is 0 Å². The molecule has 3 aromatic rings. The summed E-state index contributed by atoms with van der Waals surface area (Å²) in [5.41, 5.74) is 2.18. The number of pyridine rings is 1. The summed E-state index contributed by atoms with van der Waals surface area (Å²) in [6.45, 7) is 4.80. The Morgan fingerprint density at radius 3 is 2.59 bits per heavy atom. The lowest BCUT2D eigenvalue weighted by Gasteiger charge is -2.34. The minimum absolute atomic E-state index is 0.0442. The molecule has 32 heavy (non-hydrogen) atoms. The second-order valence-electron chi connectivity index (χ2n) is 8.18. The quantitative estimate of drug-likeness (QED) is 0.569. The van der Waals surface area contributed by atoms with Gasteiger partial charge < -0.3 is 15.1 Å². The van der Waals surface area contributed by atoms with Crippen LogP contribution in [0.4, 0.5) is 5.13 Å². The highest BCUT2D eigenvalue weighted by Gasteiger charge is 2.23. The molecule has 1 aliphatic rings. The maximum atomic E-state index is 12.6. The van der Waals surface area contributed by atoms with E-state index in [1.54, 1.807) is 17.5 Å². The van der Waals surface area contributed by atoms with Gasteiger partial charge in [-0.2, -0.15) is 0 Å². The Balaban J connectivity index is 1.16. The molecule has 1 N–H and O–H groups in total. The number of thiazole rings is 1. The van der Waals surface area contributed by atoms with E-state index < -0.39 is 0 Å². The van der Waals surface area contributed by atoms with Crippen molar-refractivity contribution in [2.45, 2.75) is 38.6 Å². The molecule has 1 saturated heterocycles. The largest absolute Gasteiger partial charge is 0.354 e. The number of piperazine rings is 1.